The first-order valence-electron chi connectivity index (χ1n) is 13.8. The first kappa shape index (κ1) is 29.5. The average molecular weight is 621 g/mol. The van der Waals surface area contributed by atoms with Crippen molar-refractivity contribution in [3.05, 3.63) is 108 Å². The van der Waals surface area contributed by atoms with Gasteiger partial charge in [-0.3, -0.25) is 14.3 Å². The number of amides is 1. The number of benzene rings is 2. The molecule has 6 rings (SSSR count). The zero-order chi connectivity index (χ0) is 30.5. The molecule has 5 aromatic rings. The van der Waals surface area contributed by atoms with Crippen LogP contribution in [0.25, 0.3) is 23.3 Å². The van der Waals surface area contributed by atoms with Gasteiger partial charge in [0.2, 0.25) is 11.7 Å². The maximum absolute atomic E-state index is 13.5. The van der Waals surface area contributed by atoms with E-state index in [4.69, 9.17) is 8.83 Å². The van der Waals surface area contributed by atoms with E-state index in [1.165, 1.54) is 41.0 Å². The van der Waals surface area contributed by atoms with Crippen molar-refractivity contribution in [1.82, 2.24) is 29.5 Å². The smallest absolute Gasteiger partial charge is 0.416 e. The van der Waals surface area contributed by atoms with Crippen molar-refractivity contribution < 1.29 is 26.8 Å². The Balaban J connectivity index is 1.09. The van der Waals surface area contributed by atoms with Crippen molar-refractivity contribution in [2.24, 2.45) is 0 Å². The molecule has 1 aliphatic heterocycles. The van der Waals surface area contributed by atoms with E-state index in [-0.39, 0.29) is 34.8 Å². The Bertz CT molecular complexity index is 1730. The van der Waals surface area contributed by atoms with E-state index in [9.17, 15) is 18.0 Å². The van der Waals surface area contributed by atoms with Crippen molar-refractivity contribution in [3.8, 4) is 17.3 Å². The summed E-state index contributed by atoms with van der Waals surface area (Å²) in [7, 11) is 0. The first-order chi connectivity index (χ1) is 21.3. The minimum Gasteiger partial charge on any atom is -0.461 e. The molecule has 0 atom stereocenters. The van der Waals surface area contributed by atoms with Crippen LogP contribution in [0, 0.1) is 0 Å². The van der Waals surface area contributed by atoms with Crippen LogP contribution in [0.1, 0.15) is 27.5 Å². The van der Waals surface area contributed by atoms with Crippen LogP contribution in [0.5, 0.6) is 0 Å². The number of thioether (sulfide) groups is 1. The van der Waals surface area contributed by atoms with Gasteiger partial charge in [-0.1, -0.05) is 60.3 Å². The van der Waals surface area contributed by atoms with Crippen LogP contribution in [0.3, 0.4) is 0 Å². The van der Waals surface area contributed by atoms with Gasteiger partial charge in [0.25, 0.3) is 5.91 Å². The molecular formula is C31H27F3N6O3S. The van der Waals surface area contributed by atoms with Crippen LogP contribution >= 0.6 is 11.8 Å². The van der Waals surface area contributed by atoms with Crippen molar-refractivity contribution in [3.63, 3.8) is 0 Å². The molecule has 3 aromatic heterocycles. The van der Waals surface area contributed by atoms with E-state index in [0.29, 0.717) is 24.0 Å². The van der Waals surface area contributed by atoms with Gasteiger partial charge in [-0.15, -0.1) is 10.2 Å². The number of halogens is 3. The Morgan fingerprint density at radius 1 is 0.955 bits per heavy atom. The Kier molecular flexibility index (Phi) is 8.66. The zero-order valence-electron chi connectivity index (χ0n) is 23.4. The predicted octanol–water partition coefficient (Wildman–Crippen LogP) is 6.30. The van der Waals surface area contributed by atoms with E-state index in [0.717, 1.165) is 37.3 Å². The maximum atomic E-state index is 13.5. The number of rotatable bonds is 9. The highest BCUT2D eigenvalue weighted by molar-refractivity contribution is 7.98. The number of hydrogen-bond donors (Lipinski definition) is 0. The molecule has 0 unspecified atom stereocenters. The minimum atomic E-state index is -4.52. The van der Waals surface area contributed by atoms with Crippen LogP contribution < -0.4 is 0 Å². The molecule has 0 N–H and O–H groups in total. The molecule has 0 aliphatic carbocycles. The summed E-state index contributed by atoms with van der Waals surface area (Å²) in [6.07, 6.45) is 2.47. The fourth-order valence-electron chi connectivity index (χ4n) is 4.78. The molecule has 0 radical (unpaired) electrons. The second-order valence-electron chi connectivity index (χ2n) is 9.99. The van der Waals surface area contributed by atoms with Crippen molar-refractivity contribution >= 4 is 23.7 Å². The summed E-state index contributed by atoms with van der Waals surface area (Å²) in [5.74, 6) is 0.829. The zero-order valence-corrected chi connectivity index (χ0v) is 24.2. The number of carbonyl (C=O) groups excluding carboxylic acids is 1. The highest BCUT2D eigenvalue weighted by Crippen LogP contribution is 2.34. The molecular weight excluding hydrogens is 593 g/mol. The number of aromatic nitrogens is 4. The van der Waals surface area contributed by atoms with Crippen LogP contribution in [-0.2, 0) is 11.9 Å². The number of alkyl halides is 3. The molecule has 9 nitrogen and oxygen atoms in total. The molecule has 44 heavy (non-hydrogen) atoms. The van der Waals surface area contributed by atoms with Gasteiger partial charge in [-0.05, 0) is 35.9 Å². The Labute approximate surface area is 255 Å². The molecule has 13 heteroatoms. The molecule has 1 saturated heterocycles. The quantitative estimate of drug-likeness (QED) is 0.177. The minimum absolute atomic E-state index is 0.171. The van der Waals surface area contributed by atoms with Crippen molar-refractivity contribution in [1.29, 1.82) is 0 Å². The normalized spacial score (nSPS) is 14.5. The third-order valence-electron chi connectivity index (χ3n) is 7.04. The lowest BCUT2D eigenvalue weighted by Crippen LogP contribution is -2.48. The fourth-order valence-corrected chi connectivity index (χ4v) is 5.59. The van der Waals surface area contributed by atoms with Gasteiger partial charge in [-0.2, -0.15) is 13.2 Å². The van der Waals surface area contributed by atoms with E-state index >= 15 is 0 Å². The molecule has 0 bridgehead atoms. The highest BCUT2D eigenvalue weighted by Gasteiger charge is 2.31. The molecule has 0 spiro atoms. The summed E-state index contributed by atoms with van der Waals surface area (Å²) in [5, 5.41) is 8.67. The molecule has 2 aromatic carbocycles. The average Bonchev–Trinajstić information content (AvgIpc) is 3.82. The monoisotopic (exact) mass is 620 g/mol. The van der Waals surface area contributed by atoms with Gasteiger partial charge in [-0.25, -0.2) is 4.98 Å². The topological polar surface area (TPSA) is 93.4 Å². The van der Waals surface area contributed by atoms with Crippen LogP contribution in [0.4, 0.5) is 13.2 Å². The van der Waals surface area contributed by atoms with Crippen molar-refractivity contribution in [2.75, 3.05) is 32.7 Å². The van der Waals surface area contributed by atoms with Crippen LogP contribution in [0.15, 0.2) is 99.3 Å². The number of piperazine rings is 1. The molecule has 1 aliphatic rings. The number of furan rings is 1. The van der Waals surface area contributed by atoms with Gasteiger partial charge >= 0.3 is 6.18 Å². The predicted molar refractivity (Wildman–Crippen MR) is 158 cm³/mol. The molecule has 1 fully saturated rings. The Morgan fingerprint density at radius 3 is 2.52 bits per heavy atom. The van der Waals surface area contributed by atoms with E-state index in [1.807, 2.05) is 18.2 Å². The number of oxazole rings is 1. The second-order valence-corrected chi connectivity index (χ2v) is 10.9. The van der Waals surface area contributed by atoms with Gasteiger partial charge in [0.1, 0.15) is 6.26 Å². The van der Waals surface area contributed by atoms with Gasteiger partial charge in [0, 0.05) is 32.7 Å². The number of hydrogen-bond acceptors (Lipinski definition) is 8. The largest absolute Gasteiger partial charge is 0.461 e. The van der Waals surface area contributed by atoms with Crippen LogP contribution in [-0.4, -0.2) is 68.2 Å². The summed E-state index contributed by atoms with van der Waals surface area (Å²) in [6, 6.07) is 18.3. The number of nitrogens with zero attached hydrogens (tertiary/aromatic N) is 6. The van der Waals surface area contributed by atoms with E-state index in [1.54, 1.807) is 17.0 Å². The lowest BCUT2D eigenvalue weighted by Gasteiger charge is -2.33. The third-order valence-corrected chi connectivity index (χ3v) is 7.95. The summed E-state index contributed by atoms with van der Waals surface area (Å²) in [6.45, 7) is 3.44. The summed E-state index contributed by atoms with van der Waals surface area (Å²) in [4.78, 5) is 21.5. The molecule has 4 heterocycles. The molecule has 226 valence electrons. The standard InChI is InChI=1S/C31H27F3N6O3S/c32-31(33,34)23-10-4-11-24(19-23)40-28(26-12-6-18-42-26)36-37-30(40)44-21-27-35-25(20-43-27)29(41)39-16-14-38(15-17-39)13-5-9-22-7-2-1-3-8-22/h1-12,18-20H,13-17,21H2. The third kappa shape index (κ3) is 6.79. The highest BCUT2D eigenvalue weighted by atomic mass is 32.2. The van der Waals surface area contributed by atoms with E-state index in [2.05, 4.69) is 44.4 Å². The maximum Gasteiger partial charge on any atom is 0.416 e. The summed E-state index contributed by atoms with van der Waals surface area (Å²) < 4.78 is 52.9. The Hall–Kier alpha value is -4.62. The molecule has 0 saturated carbocycles. The first-order valence-corrected chi connectivity index (χ1v) is 14.8. The summed E-state index contributed by atoms with van der Waals surface area (Å²) in [5.41, 5.74) is 0.769. The Morgan fingerprint density at radius 2 is 1.77 bits per heavy atom. The fraction of sp³-hybridized carbons (Fsp3) is 0.226. The van der Waals surface area contributed by atoms with E-state index < -0.39 is 11.7 Å². The van der Waals surface area contributed by atoms with Gasteiger partial charge in [0.15, 0.2) is 16.6 Å². The van der Waals surface area contributed by atoms with Gasteiger partial charge in [0.05, 0.1) is 23.3 Å². The summed E-state index contributed by atoms with van der Waals surface area (Å²) >= 11 is 1.17. The molecule has 1 amide bonds. The second kappa shape index (κ2) is 12.9. The number of carbonyl (C=O) groups is 1. The lowest BCUT2D eigenvalue weighted by molar-refractivity contribution is -0.137. The lowest BCUT2D eigenvalue weighted by atomic mass is 10.2. The SMILES string of the molecule is O=C(c1coc(CSc2nnc(-c3ccco3)n2-c2cccc(C(F)(F)F)c2)n1)N1CCN(CC=Cc2ccccc2)CC1. The van der Waals surface area contributed by atoms with Crippen LogP contribution in [0.2, 0.25) is 0 Å². The van der Waals surface area contributed by atoms with Crippen molar-refractivity contribution in [2.45, 2.75) is 17.1 Å². The van der Waals surface area contributed by atoms with Gasteiger partial charge < -0.3 is 13.7 Å².